The molecule has 1 aromatic carbocycles. The number of ether oxygens (including phenoxy) is 1. The first-order chi connectivity index (χ1) is 10.1. The number of benzene rings is 1. The molecule has 21 heavy (non-hydrogen) atoms. The normalized spacial score (nSPS) is 10.9. The summed E-state index contributed by atoms with van der Waals surface area (Å²) in [6.45, 7) is 6.97. The summed E-state index contributed by atoms with van der Waals surface area (Å²) in [5, 5.41) is 0. The zero-order valence-electron chi connectivity index (χ0n) is 13.1. The molecular weight excluding hydrogens is 260 g/mol. The van der Waals surface area contributed by atoms with Crippen LogP contribution in [0.25, 0.3) is 0 Å². The molecule has 0 aliphatic rings. The molecule has 0 bridgehead atoms. The Morgan fingerprint density at radius 3 is 2.62 bits per heavy atom. The lowest BCUT2D eigenvalue weighted by molar-refractivity contribution is 0.451. The van der Waals surface area contributed by atoms with Gasteiger partial charge in [-0.3, -0.25) is 0 Å². The van der Waals surface area contributed by atoms with Crippen LogP contribution in [0.2, 0.25) is 0 Å². The van der Waals surface area contributed by atoms with Crippen LogP contribution in [-0.2, 0) is 13.0 Å². The summed E-state index contributed by atoms with van der Waals surface area (Å²) in [5.41, 5.74) is 9.06. The number of para-hydroxylation sites is 1. The number of nitrogens with two attached hydrogens (primary N) is 1. The van der Waals surface area contributed by atoms with Crippen LogP contribution in [0.15, 0.2) is 36.4 Å². The molecule has 2 rings (SSSR count). The Morgan fingerprint density at radius 1 is 1.19 bits per heavy atom. The van der Waals surface area contributed by atoms with Crippen LogP contribution in [0.3, 0.4) is 0 Å². The predicted molar refractivity (Wildman–Crippen MR) is 86.7 cm³/mol. The van der Waals surface area contributed by atoms with Gasteiger partial charge in [-0.2, -0.15) is 0 Å². The first-order valence-corrected chi connectivity index (χ1v) is 7.60. The summed E-state index contributed by atoms with van der Waals surface area (Å²) in [6, 6.07) is 12.1. The van der Waals surface area contributed by atoms with Gasteiger partial charge in [0, 0.05) is 18.3 Å². The molecule has 0 aliphatic carbocycles. The standard InChI is InChI=1S/C18H24N2O/c1-4-7-15-10-14(12-19)11-18(20-15)21-17-9-6-5-8-16(17)13(2)3/h5-6,8-11,13H,4,7,12,19H2,1-3H3. The maximum absolute atomic E-state index is 6.03. The number of aromatic nitrogens is 1. The zero-order chi connectivity index (χ0) is 15.2. The third-order valence-electron chi connectivity index (χ3n) is 3.41. The summed E-state index contributed by atoms with van der Waals surface area (Å²) in [4.78, 5) is 4.59. The molecule has 1 aromatic heterocycles. The maximum Gasteiger partial charge on any atom is 0.219 e. The van der Waals surface area contributed by atoms with Crippen LogP contribution in [0.1, 0.15) is 49.9 Å². The molecule has 2 N–H and O–H groups in total. The average molecular weight is 284 g/mol. The van der Waals surface area contributed by atoms with Crippen molar-refractivity contribution in [2.75, 3.05) is 0 Å². The van der Waals surface area contributed by atoms with Crippen molar-refractivity contribution >= 4 is 0 Å². The van der Waals surface area contributed by atoms with Gasteiger partial charge >= 0.3 is 0 Å². The van der Waals surface area contributed by atoms with Crippen molar-refractivity contribution in [1.29, 1.82) is 0 Å². The lowest BCUT2D eigenvalue weighted by Gasteiger charge is -2.14. The first kappa shape index (κ1) is 15.5. The third kappa shape index (κ3) is 4.05. The second-order valence-corrected chi connectivity index (χ2v) is 5.55. The SMILES string of the molecule is CCCc1cc(CN)cc(Oc2ccccc2C(C)C)n1. The van der Waals surface area contributed by atoms with E-state index in [4.69, 9.17) is 10.5 Å². The molecule has 0 saturated carbocycles. The molecular formula is C18H24N2O. The van der Waals surface area contributed by atoms with E-state index in [0.717, 1.165) is 29.8 Å². The Labute approximate surface area is 127 Å². The Kier molecular flexibility index (Phi) is 5.34. The fourth-order valence-electron chi connectivity index (χ4n) is 2.34. The molecule has 112 valence electrons. The highest BCUT2D eigenvalue weighted by Gasteiger charge is 2.10. The smallest absolute Gasteiger partial charge is 0.219 e. The largest absolute Gasteiger partial charge is 0.439 e. The van der Waals surface area contributed by atoms with Crippen molar-refractivity contribution in [3.8, 4) is 11.6 Å². The van der Waals surface area contributed by atoms with E-state index in [2.05, 4.69) is 37.9 Å². The Balaban J connectivity index is 2.32. The van der Waals surface area contributed by atoms with E-state index in [-0.39, 0.29) is 0 Å². The van der Waals surface area contributed by atoms with Crippen LogP contribution in [0.5, 0.6) is 11.6 Å². The molecule has 0 radical (unpaired) electrons. The first-order valence-electron chi connectivity index (χ1n) is 7.60. The van der Waals surface area contributed by atoms with Gasteiger partial charge in [0.1, 0.15) is 5.75 Å². The van der Waals surface area contributed by atoms with Gasteiger partial charge in [0.05, 0.1) is 0 Å². The molecule has 0 spiro atoms. The van der Waals surface area contributed by atoms with E-state index in [1.807, 2.05) is 24.3 Å². The van der Waals surface area contributed by atoms with Crippen molar-refractivity contribution in [2.24, 2.45) is 5.73 Å². The van der Waals surface area contributed by atoms with Gasteiger partial charge in [-0.05, 0) is 35.6 Å². The summed E-state index contributed by atoms with van der Waals surface area (Å²) >= 11 is 0. The second kappa shape index (κ2) is 7.23. The molecule has 0 amide bonds. The van der Waals surface area contributed by atoms with Crippen LogP contribution in [0, 0.1) is 0 Å². The minimum absolute atomic E-state index is 0.411. The van der Waals surface area contributed by atoms with Gasteiger partial charge < -0.3 is 10.5 Å². The summed E-state index contributed by atoms with van der Waals surface area (Å²) in [6.07, 6.45) is 2.00. The molecule has 0 aliphatic heterocycles. The quantitative estimate of drug-likeness (QED) is 0.854. The summed E-state index contributed by atoms with van der Waals surface area (Å²) in [7, 11) is 0. The lowest BCUT2D eigenvalue weighted by atomic mass is 10.0. The second-order valence-electron chi connectivity index (χ2n) is 5.55. The van der Waals surface area contributed by atoms with Gasteiger partial charge in [0.25, 0.3) is 0 Å². The van der Waals surface area contributed by atoms with E-state index < -0.39 is 0 Å². The Morgan fingerprint density at radius 2 is 1.95 bits per heavy atom. The van der Waals surface area contributed by atoms with E-state index in [1.54, 1.807) is 0 Å². The lowest BCUT2D eigenvalue weighted by Crippen LogP contribution is -2.02. The average Bonchev–Trinajstić information content (AvgIpc) is 2.47. The van der Waals surface area contributed by atoms with Crippen molar-refractivity contribution in [3.63, 3.8) is 0 Å². The summed E-state index contributed by atoms with van der Waals surface area (Å²) in [5.74, 6) is 1.92. The van der Waals surface area contributed by atoms with Gasteiger partial charge in [-0.15, -0.1) is 0 Å². The van der Waals surface area contributed by atoms with Gasteiger partial charge in [0.15, 0.2) is 0 Å². The number of aryl methyl sites for hydroxylation is 1. The van der Waals surface area contributed by atoms with E-state index in [0.29, 0.717) is 18.3 Å². The molecule has 3 nitrogen and oxygen atoms in total. The number of rotatable bonds is 6. The van der Waals surface area contributed by atoms with E-state index in [9.17, 15) is 0 Å². The van der Waals surface area contributed by atoms with Crippen molar-refractivity contribution in [2.45, 2.75) is 46.1 Å². The molecule has 0 unspecified atom stereocenters. The maximum atomic E-state index is 6.03. The van der Waals surface area contributed by atoms with Crippen molar-refractivity contribution in [3.05, 3.63) is 53.2 Å². The van der Waals surface area contributed by atoms with Crippen LogP contribution < -0.4 is 10.5 Å². The number of hydrogen-bond acceptors (Lipinski definition) is 3. The fourth-order valence-corrected chi connectivity index (χ4v) is 2.34. The van der Waals surface area contributed by atoms with Crippen molar-refractivity contribution < 1.29 is 4.74 Å². The van der Waals surface area contributed by atoms with Crippen LogP contribution in [-0.4, -0.2) is 4.98 Å². The number of pyridine rings is 1. The topological polar surface area (TPSA) is 48.1 Å². The number of hydrogen-bond donors (Lipinski definition) is 1. The Bertz CT molecular complexity index is 594. The molecule has 1 heterocycles. The minimum atomic E-state index is 0.411. The van der Waals surface area contributed by atoms with Crippen LogP contribution >= 0.6 is 0 Å². The highest BCUT2D eigenvalue weighted by Crippen LogP contribution is 2.30. The highest BCUT2D eigenvalue weighted by atomic mass is 16.5. The van der Waals surface area contributed by atoms with Gasteiger partial charge in [0.2, 0.25) is 5.88 Å². The molecule has 3 heteroatoms. The van der Waals surface area contributed by atoms with Gasteiger partial charge in [-0.25, -0.2) is 4.98 Å². The van der Waals surface area contributed by atoms with E-state index >= 15 is 0 Å². The molecule has 0 fully saturated rings. The zero-order valence-corrected chi connectivity index (χ0v) is 13.1. The van der Waals surface area contributed by atoms with Crippen LogP contribution in [0.4, 0.5) is 0 Å². The predicted octanol–water partition coefficient (Wildman–Crippen LogP) is 4.41. The van der Waals surface area contributed by atoms with Crippen molar-refractivity contribution in [1.82, 2.24) is 4.98 Å². The van der Waals surface area contributed by atoms with E-state index in [1.165, 1.54) is 5.56 Å². The molecule has 2 aromatic rings. The number of nitrogens with zero attached hydrogens (tertiary/aromatic N) is 1. The molecule has 0 atom stereocenters. The fraction of sp³-hybridized carbons (Fsp3) is 0.389. The summed E-state index contributed by atoms with van der Waals surface area (Å²) < 4.78 is 6.03. The monoisotopic (exact) mass is 284 g/mol. The van der Waals surface area contributed by atoms with Gasteiger partial charge in [-0.1, -0.05) is 45.4 Å². The third-order valence-corrected chi connectivity index (χ3v) is 3.41. The minimum Gasteiger partial charge on any atom is -0.439 e. The molecule has 0 saturated heterocycles. The highest BCUT2D eigenvalue weighted by molar-refractivity contribution is 5.39. The Hall–Kier alpha value is -1.87.